The molecule has 0 amide bonds. The third-order valence-electron chi connectivity index (χ3n) is 1.16. The molecule has 0 aliphatic carbocycles. The Labute approximate surface area is 70.9 Å². The normalized spacial score (nSPS) is 10.1. The summed E-state index contributed by atoms with van der Waals surface area (Å²) in [6.07, 6.45) is 0. The molecule has 1 rings (SSSR count). The zero-order chi connectivity index (χ0) is 9.30. The van der Waals surface area contributed by atoms with Gasteiger partial charge in [0.25, 0.3) is 5.95 Å². The molecule has 0 unspecified atom stereocenters. The number of rotatable bonds is 1. The van der Waals surface area contributed by atoms with Crippen molar-refractivity contribution in [2.24, 2.45) is 0 Å². The van der Waals surface area contributed by atoms with Gasteiger partial charge in [0.15, 0.2) is 10.9 Å². The van der Waals surface area contributed by atoms with Gasteiger partial charge in [0.2, 0.25) is 11.6 Å². The van der Waals surface area contributed by atoms with E-state index in [9.17, 15) is 13.2 Å². The number of methoxy groups -OCH3 is 1. The maximum absolute atomic E-state index is 12.7. The van der Waals surface area contributed by atoms with Gasteiger partial charge in [-0.25, -0.2) is 4.98 Å². The summed E-state index contributed by atoms with van der Waals surface area (Å²) >= 11 is 5.10. The molecule has 1 aromatic rings. The second kappa shape index (κ2) is 3.18. The summed E-state index contributed by atoms with van der Waals surface area (Å²) in [6, 6.07) is 0. The summed E-state index contributed by atoms with van der Waals surface area (Å²) < 4.78 is 41.9. The lowest BCUT2D eigenvalue weighted by Gasteiger charge is -2.03. The summed E-state index contributed by atoms with van der Waals surface area (Å²) in [6.45, 7) is 0. The fourth-order valence-electron chi connectivity index (χ4n) is 0.647. The van der Waals surface area contributed by atoms with Crippen LogP contribution in [0.25, 0.3) is 0 Å². The van der Waals surface area contributed by atoms with Gasteiger partial charge in [-0.2, -0.15) is 13.2 Å². The van der Waals surface area contributed by atoms with Crippen molar-refractivity contribution in [3.63, 3.8) is 0 Å². The van der Waals surface area contributed by atoms with Gasteiger partial charge in [0, 0.05) is 0 Å². The van der Waals surface area contributed by atoms with E-state index in [0.29, 0.717) is 0 Å². The smallest absolute Gasteiger partial charge is 0.254 e. The van der Waals surface area contributed by atoms with Crippen molar-refractivity contribution in [1.82, 2.24) is 4.98 Å². The van der Waals surface area contributed by atoms with Crippen molar-refractivity contribution < 1.29 is 17.9 Å². The average Bonchev–Trinajstić information content (AvgIpc) is 2.02. The van der Waals surface area contributed by atoms with Crippen LogP contribution in [-0.2, 0) is 0 Å². The second-order valence-electron chi connectivity index (χ2n) is 1.85. The molecule has 0 bridgehead atoms. The highest BCUT2D eigenvalue weighted by Crippen LogP contribution is 2.26. The van der Waals surface area contributed by atoms with Crippen molar-refractivity contribution in [2.75, 3.05) is 7.11 Å². The Morgan fingerprint density at radius 1 is 1.25 bits per heavy atom. The van der Waals surface area contributed by atoms with Gasteiger partial charge in [-0.15, -0.1) is 0 Å². The van der Waals surface area contributed by atoms with E-state index in [1.807, 2.05) is 0 Å². The highest BCUT2D eigenvalue weighted by molar-refractivity contribution is 6.29. The molecular weight excluding hydrogens is 195 g/mol. The van der Waals surface area contributed by atoms with Crippen LogP contribution in [0.4, 0.5) is 13.2 Å². The fraction of sp³-hybridized carbons (Fsp3) is 0.167. The van der Waals surface area contributed by atoms with Crippen LogP contribution in [-0.4, -0.2) is 12.1 Å². The maximum Gasteiger partial charge on any atom is 0.254 e. The van der Waals surface area contributed by atoms with E-state index in [0.717, 1.165) is 7.11 Å². The third-order valence-corrected chi connectivity index (χ3v) is 1.41. The molecule has 2 nitrogen and oxygen atoms in total. The van der Waals surface area contributed by atoms with Crippen LogP contribution in [0.1, 0.15) is 0 Å². The lowest BCUT2D eigenvalue weighted by atomic mass is 10.4. The largest absolute Gasteiger partial charge is 0.491 e. The number of ether oxygens (including phenoxy) is 1. The number of hydrogen-bond acceptors (Lipinski definition) is 2. The Morgan fingerprint density at radius 3 is 2.33 bits per heavy atom. The number of aromatic nitrogens is 1. The van der Waals surface area contributed by atoms with Crippen LogP contribution in [0, 0.1) is 17.6 Å². The van der Waals surface area contributed by atoms with Crippen LogP contribution in [0.15, 0.2) is 0 Å². The molecule has 0 atom stereocenters. The van der Waals surface area contributed by atoms with Gasteiger partial charge in [-0.3, -0.25) is 0 Å². The number of hydrogen-bond donors (Lipinski definition) is 0. The first kappa shape index (κ1) is 9.12. The van der Waals surface area contributed by atoms with Crippen LogP contribution in [0.3, 0.4) is 0 Å². The van der Waals surface area contributed by atoms with Gasteiger partial charge in [-0.1, -0.05) is 11.6 Å². The van der Waals surface area contributed by atoms with E-state index in [1.54, 1.807) is 0 Å². The van der Waals surface area contributed by atoms with Crippen LogP contribution < -0.4 is 4.74 Å². The molecule has 0 radical (unpaired) electrons. The summed E-state index contributed by atoms with van der Waals surface area (Å²) in [4.78, 5) is 2.75. The zero-order valence-electron chi connectivity index (χ0n) is 5.87. The molecule has 1 heterocycles. The fourth-order valence-corrected chi connectivity index (χ4v) is 0.807. The van der Waals surface area contributed by atoms with E-state index in [4.69, 9.17) is 11.6 Å². The minimum atomic E-state index is -1.49. The molecule has 0 fully saturated rings. The Hall–Kier alpha value is -0.970. The summed E-state index contributed by atoms with van der Waals surface area (Å²) in [5.74, 6) is -5.05. The molecule has 0 saturated carbocycles. The quantitative estimate of drug-likeness (QED) is 0.644. The Kier molecular flexibility index (Phi) is 2.42. The van der Waals surface area contributed by atoms with Crippen LogP contribution >= 0.6 is 11.6 Å². The predicted molar refractivity (Wildman–Crippen MR) is 35.7 cm³/mol. The standard InChI is InChI=1S/C6H3ClF3NO/c1-12-4-2(8)5(7)11-6(10)3(4)9/h1H3. The molecule has 0 saturated heterocycles. The first-order valence-corrected chi connectivity index (χ1v) is 3.19. The molecule has 66 valence electrons. The van der Waals surface area contributed by atoms with E-state index >= 15 is 0 Å². The van der Waals surface area contributed by atoms with Gasteiger partial charge in [0.1, 0.15) is 0 Å². The van der Waals surface area contributed by atoms with Crippen molar-refractivity contribution in [1.29, 1.82) is 0 Å². The second-order valence-corrected chi connectivity index (χ2v) is 2.21. The number of nitrogens with zero attached hydrogens (tertiary/aromatic N) is 1. The van der Waals surface area contributed by atoms with E-state index in [-0.39, 0.29) is 0 Å². The summed E-state index contributed by atoms with van der Waals surface area (Å²) in [5.41, 5.74) is 0. The number of pyridine rings is 1. The van der Waals surface area contributed by atoms with E-state index < -0.39 is 28.5 Å². The van der Waals surface area contributed by atoms with Crippen LogP contribution in [0.5, 0.6) is 5.75 Å². The topological polar surface area (TPSA) is 22.1 Å². The minimum absolute atomic E-state index is 0.759. The van der Waals surface area contributed by atoms with E-state index in [2.05, 4.69) is 9.72 Å². The molecule has 0 aromatic carbocycles. The van der Waals surface area contributed by atoms with Crippen molar-refractivity contribution in [3.05, 3.63) is 22.7 Å². The molecular formula is C6H3ClF3NO. The van der Waals surface area contributed by atoms with Crippen molar-refractivity contribution >= 4 is 11.6 Å². The highest BCUT2D eigenvalue weighted by atomic mass is 35.5. The number of halogens is 4. The Morgan fingerprint density at radius 2 is 1.83 bits per heavy atom. The summed E-state index contributed by atoms with van der Waals surface area (Å²) in [5, 5.41) is -0.759. The molecule has 1 aromatic heterocycles. The first-order valence-electron chi connectivity index (χ1n) is 2.82. The molecule has 6 heteroatoms. The first-order chi connectivity index (χ1) is 5.57. The van der Waals surface area contributed by atoms with Crippen molar-refractivity contribution in [2.45, 2.75) is 0 Å². The van der Waals surface area contributed by atoms with Gasteiger partial charge in [-0.05, 0) is 0 Å². The molecule has 12 heavy (non-hydrogen) atoms. The molecule has 0 aliphatic rings. The lowest BCUT2D eigenvalue weighted by Crippen LogP contribution is -2.00. The zero-order valence-corrected chi connectivity index (χ0v) is 6.62. The monoisotopic (exact) mass is 197 g/mol. The van der Waals surface area contributed by atoms with E-state index in [1.165, 1.54) is 0 Å². The van der Waals surface area contributed by atoms with Gasteiger partial charge >= 0.3 is 0 Å². The predicted octanol–water partition coefficient (Wildman–Crippen LogP) is 2.16. The molecule has 0 spiro atoms. The molecule has 0 aliphatic heterocycles. The van der Waals surface area contributed by atoms with Gasteiger partial charge < -0.3 is 4.74 Å². The van der Waals surface area contributed by atoms with Crippen molar-refractivity contribution in [3.8, 4) is 5.75 Å². The minimum Gasteiger partial charge on any atom is -0.491 e. The highest BCUT2D eigenvalue weighted by Gasteiger charge is 2.19. The maximum atomic E-state index is 12.7. The Bertz CT molecular complexity index is 292. The van der Waals surface area contributed by atoms with Crippen LogP contribution in [0.2, 0.25) is 5.15 Å². The molecule has 0 N–H and O–H groups in total. The lowest BCUT2D eigenvalue weighted by molar-refractivity contribution is 0.339. The average molecular weight is 198 g/mol. The summed E-state index contributed by atoms with van der Waals surface area (Å²) in [7, 11) is 0.997. The third kappa shape index (κ3) is 1.32. The SMILES string of the molecule is COc1c(F)c(F)nc(Cl)c1F. The van der Waals surface area contributed by atoms with Gasteiger partial charge in [0.05, 0.1) is 7.11 Å². The Balaban J connectivity index is 3.42.